The van der Waals surface area contributed by atoms with Crippen molar-refractivity contribution in [2.45, 2.75) is 0 Å². The van der Waals surface area contributed by atoms with Crippen molar-refractivity contribution in [1.82, 2.24) is 0 Å². The standard InChI is InChI=1S/C10H13N3O4/c11-7-3-1-2-6(9(14)15)8(7)13-4-5-17-10(12)16/h1-3,13H,4-5,11H2,(H2,12,16)(H,14,15). The summed E-state index contributed by atoms with van der Waals surface area (Å²) >= 11 is 0. The number of primary amides is 1. The molecule has 1 aromatic rings. The zero-order chi connectivity index (χ0) is 12.8. The number of hydrogen-bond acceptors (Lipinski definition) is 5. The van der Waals surface area contributed by atoms with Gasteiger partial charge in [-0.3, -0.25) is 0 Å². The zero-order valence-electron chi connectivity index (χ0n) is 8.97. The van der Waals surface area contributed by atoms with Crippen molar-refractivity contribution in [3.63, 3.8) is 0 Å². The van der Waals surface area contributed by atoms with Crippen LogP contribution < -0.4 is 16.8 Å². The number of ether oxygens (including phenoxy) is 1. The smallest absolute Gasteiger partial charge is 0.404 e. The van der Waals surface area contributed by atoms with E-state index >= 15 is 0 Å². The molecule has 6 N–H and O–H groups in total. The van der Waals surface area contributed by atoms with Crippen molar-refractivity contribution >= 4 is 23.4 Å². The molecule has 7 nitrogen and oxygen atoms in total. The van der Waals surface area contributed by atoms with Gasteiger partial charge in [0.2, 0.25) is 0 Å². The van der Waals surface area contributed by atoms with E-state index in [1.165, 1.54) is 6.07 Å². The maximum atomic E-state index is 10.9. The highest BCUT2D eigenvalue weighted by molar-refractivity contribution is 5.97. The number of para-hydroxylation sites is 1. The second-order valence-electron chi connectivity index (χ2n) is 3.17. The van der Waals surface area contributed by atoms with E-state index < -0.39 is 12.1 Å². The molecule has 0 heterocycles. The van der Waals surface area contributed by atoms with Crippen molar-refractivity contribution in [2.24, 2.45) is 5.73 Å². The van der Waals surface area contributed by atoms with Crippen LogP contribution >= 0.6 is 0 Å². The molecule has 0 fully saturated rings. The monoisotopic (exact) mass is 239 g/mol. The summed E-state index contributed by atoms with van der Waals surface area (Å²) < 4.78 is 4.49. The Kier molecular flexibility index (Phi) is 4.15. The SMILES string of the molecule is NC(=O)OCCNc1c(N)cccc1C(=O)O. The lowest BCUT2D eigenvalue weighted by atomic mass is 10.1. The summed E-state index contributed by atoms with van der Waals surface area (Å²) in [6.45, 7) is 0.250. The number of benzene rings is 1. The van der Waals surface area contributed by atoms with Crippen LogP contribution in [-0.2, 0) is 4.74 Å². The van der Waals surface area contributed by atoms with Crippen molar-refractivity contribution in [3.8, 4) is 0 Å². The summed E-state index contributed by atoms with van der Waals surface area (Å²) in [6.07, 6.45) is -0.883. The van der Waals surface area contributed by atoms with E-state index in [0.717, 1.165) is 0 Å². The number of carbonyl (C=O) groups is 2. The molecule has 0 saturated heterocycles. The first kappa shape index (κ1) is 12.6. The Morgan fingerprint density at radius 2 is 2.12 bits per heavy atom. The molecule has 0 bridgehead atoms. The minimum absolute atomic E-state index is 0.0305. The highest BCUT2D eigenvalue weighted by atomic mass is 16.5. The predicted octanol–water partition coefficient (Wildman–Crippen LogP) is 0.474. The zero-order valence-corrected chi connectivity index (χ0v) is 8.97. The minimum atomic E-state index is -1.09. The highest BCUT2D eigenvalue weighted by Crippen LogP contribution is 2.23. The van der Waals surface area contributed by atoms with E-state index in [9.17, 15) is 9.59 Å². The molecule has 0 spiro atoms. The third kappa shape index (κ3) is 3.56. The van der Waals surface area contributed by atoms with Crippen LogP contribution in [0.3, 0.4) is 0 Å². The molecule has 0 saturated carbocycles. The molecule has 0 aliphatic heterocycles. The fourth-order valence-corrected chi connectivity index (χ4v) is 1.27. The number of carboxylic acid groups (broad SMARTS) is 1. The summed E-state index contributed by atoms with van der Waals surface area (Å²) in [5.41, 5.74) is 11.1. The third-order valence-corrected chi connectivity index (χ3v) is 1.98. The number of aromatic carboxylic acids is 1. The van der Waals surface area contributed by atoms with E-state index in [1.54, 1.807) is 12.1 Å². The van der Waals surface area contributed by atoms with E-state index in [-0.39, 0.29) is 18.7 Å². The van der Waals surface area contributed by atoms with Crippen LogP contribution in [0.2, 0.25) is 0 Å². The number of carboxylic acids is 1. The lowest BCUT2D eigenvalue weighted by molar-refractivity contribution is 0.0697. The van der Waals surface area contributed by atoms with Gasteiger partial charge in [-0.05, 0) is 12.1 Å². The van der Waals surface area contributed by atoms with Crippen LogP contribution in [0.15, 0.2) is 18.2 Å². The first-order valence-corrected chi connectivity index (χ1v) is 4.80. The molecule has 0 aromatic heterocycles. The van der Waals surface area contributed by atoms with Gasteiger partial charge in [0, 0.05) is 6.54 Å². The van der Waals surface area contributed by atoms with Crippen molar-refractivity contribution < 1.29 is 19.4 Å². The van der Waals surface area contributed by atoms with Crippen LogP contribution in [0, 0.1) is 0 Å². The van der Waals surface area contributed by atoms with Crippen molar-refractivity contribution in [3.05, 3.63) is 23.8 Å². The molecule has 1 aromatic carbocycles. The van der Waals surface area contributed by atoms with E-state index in [0.29, 0.717) is 11.4 Å². The Morgan fingerprint density at radius 3 is 2.71 bits per heavy atom. The maximum Gasteiger partial charge on any atom is 0.404 e. The summed E-state index contributed by atoms with van der Waals surface area (Å²) in [4.78, 5) is 21.2. The van der Waals surface area contributed by atoms with Gasteiger partial charge in [0.05, 0.1) is 16.9 Å². The van der Waals surface area contributed by atoms with E-state index in [1.807, 2.05) is 0 Å². The quantitative estimate of drug-likeness (QED) is 0.437. The number of hydrogen-bond donors (Lipinski definition) is 4. The number of nitrogens with two attached hydrogens (primary N) is 2. The van der Waals surface area contributed by atoms with Gasteiger partial charge in [-0.25, -0.2) is 9.59 Å². The van der Waals surface area contributed by atoms with Crippen molar-refractivity contribution in [1.29, 1.82) is 0 Å². The molecular weight excluding hydrogens is 226 g/mol. The summed E-state index contributed by atoms with van der Waals surface area (Å²) in [5.74, 6) is -1.09. The number of nitrogens with one attached hydrogen (secondary N) is 1. The molecule has 0 radical (unpaired) electrons. The van der Waals surface area contributed by atoms with Gasteiger partial charge in [-0.15, -0.1) is 0 Å². The van der Waals surface area contributed by atoms with Crippen LogP contribution in [0.25, 0.3) is 0 Å². The molecule has 0 aliphatic rings. The minimum Gasteiger partial charge on any atom is -0.478 e. The Hall–Kier alpha value is -2.44. The molecule has 0 unspecified atom stereocenters. The van der Waals surface area contributed by atoms with Crippen LogP contribution in [0.5, 0.6) is 0 Å². The van der Waals surface area contributed by atoms with Gasteiger partial charge in [0.1, 0.15) is 6.61 Å². The number of carbonyl (C=O) groups excluding carboxylic acids is 1. The normalized spacial score (nSPS) is 9.65. The average Bonchev–Trinajstić information content (AvgIpc) is 2.25. The Bertz CT molecular complexity index is 434. The Labute approximate surface area is 97.4 Å². The predicted molar refractivity (Wildman–Crippen MR) is 61.8 cm³/mol. The number of rotatable bonds is 5. The number of amides is 1. The molecule has 1 rings (SSSR count). The van der Waals surface area contributed by atoms with Gasteiger partial charge in [-0.2, -0.15) is 0 Å². The highest BCUT2D eigenvalue weighted by Gasteiger charge is 2.11. The number of anilines is 2. The molecule has 0 aliphatic carbocycles. The lowest BCUT2D eigenvalue weighted by Gasteiger charge is -2.11. The van der Waals surface area contributed by atoms with Crippen LogP contribution in [0.1, 0.15) is 10.4 Å². The second-order valence-corrected chi connectivity index (χ2v) is 3.17. The van der Waals surface area contributed by atoms with Crippen LogP contribution in [0.4, 0.5) is 16.2 Å². The van der Waals surface area contributed by atoms with Gasteiger partial charge in [0.25, 0.3) is 0 Å². The van der Waals surface area contributed by atoms with Gasteiger partial charge in [-0.1, -0.05) is 6.07 Å². The Balaban J connectivity index is 2.69. The van der Waals surface area contributed by atoms with Crippen molar-refractivity contribution in [2.75, 3.05) is 24.2 Å². The van der Waals surface area contributed by atoms with Gasteiger partial charge < -0.3 is 26.6 Å². The summed E-state index contributed by atoms with van der Waals surface area (Å²) in [7, 11) is 0. The van der Waals surface area contributed by atoms with Crippen LogP contribution in [-0.4, -0.2) is 30.3 Å². The molecule has 1 amide bonds. The summed E-state index contributed by atoms with van der Waals surface area (Å²) in [6, 6.07) is 4.55. The fraction of sp³-hybridized carbons (Fsp3) is 0.200. The van der Waals surface area contributed by atoms with E-state index in [2.05, 4.69) is 10.1 Å². The van der Waals surface area contributed by atoms with Gasteiger partial charge >= 0.3 is 12.1 Å². The largest absolute Gasteiger partial charge is 0.478 e. The first-order valence-electron chi connectivity index (χ1n) is 4.80. The third-order valence-electron chi connectivity index (χ3n) is 1.98. The molecule has 0 atom stereocenters. The molecule has 7 heteroatoms. The lowest BCUT2D eigenvalue weighted by Crippen LogP contribution is -2.19. The Morgan fingerprint density at radius 1 is 1.41 bits per heavy atom. The second kappa shape index (κ2) is 5.59. The summed E-state index contributed by atoms with van der Waals surface area (Å²) in [5, 5.41) is 11.7. The average molecular weight is 239 g/mol. The fourth-order valence-electron chi connectivity index (χ4n) is 1.27. The first-order chi connectivity index (χ1) is 8.02. The number of nitrogen functional groups attached to an aromatic ring is 1. The molecule has 92 valence electrons. The molecular formula is C10H13N3O4. The topological polar surface area (TPSA) is 128 Å². The molecule has 17 heavy (non-hydrogen) atoms. The van der Waals surface area contributed by atoms with Gasteiger partial charge in [0.15, 0.2) is 0 Å². The maximum absolute atomic E-state index is 10.9. The van der Waals surface area contributed by atoms with E-state index in [4.69, 9.17) is 16.6 Å².